The average molecular weight is 355 g/mol. The van der Waals surface area contributed by atoms with Crippen LogP contribution in [0.5, 0.6) is 0 Å². The number of aromatic nitrogens is 1. The molecule has 2 fully saturated rings. The van der Waals surface area contributed by atoms with Crippen molar-refractivity contribution in [1.82, 2.24) is 14.8 Å². The van der Waals surface area contributed by atoms with Gasteiger partial charge in [0.1, 0.15) is 0 Å². The zero-order chi connectivity index (χ0) is 18.3. The maximum Gasteiger partial charge on any atom is 0.255 e. The van der Waals surface area contributed by atoms with Crippen molar-refractivity contribution in [3.63, 3.8) is 0 Å². The second-order valence-electron chi connectivity index (χ2n) is 7.81. The molecule has 4 rings (SSSR count). The number of rotatable bonds is 1. The van der Waals surface area contributed by atoms with Crippen LogP contribution in [-0.2, 0) is 0 Å². The number of pyridine rings is 1. The van der Waals surface area contributed by atoms with E-state index >= 15 is 0 Å². The third-order valence-corrected chi connectivity index (χ3v) is 6.01. The van der Waals surface area contributed by atoms with E-state index in [2.05, 4.69) is 16.9 Å². The van der Waals surface area contributed by atoms with Gasteiger partial charge in [-0.3, -0.25) is 9.59 Å². The summed E-state index contributed by atoms with van der Waals surface area (Å²) in [5.74, 6) is -0.0723. The lowest BCUT2D eigenvalue weighted by molar-refractivity contribution is -0.0730. The van der Waals surface area contributed by atoms with Crippen LogP contribution >= 0.6 is 0 Å². The van der Waals surface area contributed by atoms with Crippen molar-refractivity contribution in [3.8, 4) is 0 Å². The molecule has 1 spiro atoms. The van der Waals surface area contributed by atoms with E-state index in [0.717, 1.165) is 32.4 Å². The Bertz CT molecular complexity index is 893. The van der Waals surface area contributed by atoms with Crippen LogP contribution in [0.25, 0.3) is 10.8 Å². The predicted octanol–water partition coefficient (Wildman–Crippen LogP) is 1.45. The summed E-state index contributed by atoms with van der Waals surface area (Å²) < 4.78 is 0. The molecule has 6 heteroatoms. The summed E-state index contributed by atoms with van der Waals surface area (Å²) in [5, 5.41) is 11.9. The van der Waals surface area contributed by atoms with Crippen LogP contribution in [0.1, 0.15) is 29.6 Å². The lowest BCUT2D eigenvalue weighted by atomic mass is 9.71. The number of fused-ring (bicyclic) bond motifs is 1. The van der Waals surface area contributed by atoms with Crippen LogP contribution in [0.2, 0.25) is 0 Å². The van der Waals surface area contributed by atoms with Gasteiger partial charge in [-0.15, -0.1) is 0 Å². The number of carbonyl (C=O) groups is 1. The fraction of sp³-hybridized carbons (Fsp3) is 0.500. The number of piperidine rings is 2. The molecule has 0 saturated carbocycles. The first kappa shape index (κ1) is 17.2. The number of likely N-dealkylation sites (tertiary alicyclic amines) is 2. The van der Waals surface area contributed by atoms with E-state index in [1.807, 2.05) is 17.0 Å². The summed E-state index contributed by atoms with van der Waals surface area (Å²) >= 11 is 0. The van der Waals surface area contributed by atoms with Crippen molar-refractivity contribution in [1.29, 1.82) is 0 Å². The van der Waals surface area contributed by atoms with E-state index in [4.69, 9.17) is 0 Å². The van der Waals surface area contributed by atoms with Crippen LogP contribution < -0.4 is 5.56 Å². The largest absolute Gasteiger partial charge is 0.392 e. The van der Waals surface area contributed by atoms with Gasteiger partial charge in [0.05, 0.1) is 11.7 Å². The highest BCUT2D eigenvalue weighted by Crippen LogP contribution is 2.39. The number of aromatic amines is 1. The van der Waals surface area contributed by atoms with Crippen LogP contribution in [0.4, 0.5) is 0 Å². The zero-order valence-electron chi connectivity index (χ0n) is 15.1. The van der Waals surface area contributed by atoms with Crippen molar-refractivity contribution >= 4 is 16.7 Å². The Kier molecular flexibility index (Phi) is 4.32. The maximum atomic E-state index is 13.2. The molecule has 138 valence electrons. The quantitative estimate of drug-likeness (QED) is 0.812. The molecule has 1 aromatic carbocycles. The Morgan fingerprint density at radius 2 is 2.00 bits per heavy atom. The lowest BCUT2D eigenvalue weighted by Crippen LogP contribution is -2.59. The number of aliphatic hydroxyl groups is 1. The molecule has 2 saturated heterocycles. The molecule has 3 heterocycles. The molecule has 2 N–H and O–H groups in total. The summed E-state index contributed by atoms with van der Waals surface area (Å²) in [6.07, 6.45) is 3.73. The Morgan fingerprint density at radius 1 is 1.23 bits per heavy atom. The van der Waals surface area contributed by atoms with E-state index in [1.165, 1.54) is 6.20 Å². The molecule has 2 aliphatic rings. The Hall–Kier alpha value is -2.18. The molecule has 1 amide bonds. The van der Waals surface area contributed by atoms with E-state index in [-0.39, 0.29) is 23.0 Å². The molecule has 2 atom stereocenters. The number of hydrogen-bond acceptors (Lipinski definition) is 4. The van der Waals surface area contributed by atoms with Gasteiger partial charge in [0.25, 0.3) is 11.5 Å². The van der Waals surface area contributed by atoms with E-state index in [9.17, 15) is 14.7 Å². The summed E-state index contributed by atoms with van der Waals surface area (Å²) in [6.45, 7) is 2.95. The van der Waals surface area contributed by atoms with Crippen molar-refractivity contribution in [2.45, 2.75) is 25.4 Å². The summed E-state index contributed by atoms with van der Waals surface area (Å²) in [6, 6.07) is 7.20. The van der Waals surface area contributed by atoms with E-state index < -0.39 is 0 Å². The van der Waals surface area contributed by atoms with Gasteiger partial charge >= 0.3 is 0 Å². The first-order chi connectivity index (χ1) is 12.5. The van der Waals surface area contributed by atoms with Crippen molar-refractivity contribution in [2.75, 3.05) is 33.2 Å². The zero-order valence-corrected chi connectivity index (χ0v) is 15.1. The number of H-pyrrole nitrogens is 1. The van der Waals surface area contributed by atoms with Gasteiger partial charge in [-0.2, -0.15) is 0 Å². The maximum absolute atomic E-state index is 13.2. The van der Waals surface area contributed by atoms with Gasteiger partial charge < -0.3 is 19.9 Å². The lowest BCUT2D eigenvalue weighted by Gasteiger charge is -2.50. The topological polar surface area (TPSA) is 76.6 Å². The number of hydrogen-bond donors (Lipinski definition) is 2. The summed E-state index contributed by atoms with van der Waals surface area (Å²) in [7, 11) is 2.07. The molecule has 0 aliphatic carbocycles. The van der Waals surface area contributed by atoms with Gasteiger partial charge in [-0.25, -0.2) is 0 Å². The minimum atomic E-state index is -0.373. The number of benzene rings is 1. The first-order valence-electron chi connectivity index (χ1n) is 9.26. The molecule has 0 bridgehead atoms. The number of carbonyl (C=O) groups excluding carboxylic acids is 1. The van der Waals surface area contributed by atoms with Crippen molar-refractivity contribution in [2.24, 2.45) is 5.41 Å². The van der Waals surface area contributed by atoms with Crippen LogP contribution in [0.15, 0.2) is 35.3 Å². The first-order valence-corrected chi connectivity index (χ1v) is 9.26. The standard InChI is InChI=1S/C20H25N3O3/c1-22-10-7-17(24)20(12-22)8-4-9-23(13-20)19(26)16-11-21-18(25)15-6-3-2-5-14(15)16/h2-3,5-6,11,17,24H,4,7-10,12-13H2,1H3,(H,21,25)/t17-,20-/m0/s1. The van der Waals surface area contributed by atoms with Gasteiger partial charge in [-0.05, 0) is 32.4 Å². The van der Waals surface area contributed by atoms with Gasteiger partial charge in [0, 0.05) is 48.6 Å². The van der Waals surface area contributed by atoms with Gasteiger partial charge in [-0.1, -0.05) is 18.2 Å². The monoisotopic (exact) mass is 355 g/mol. The Labute approximate surface area is 152 Å². The fourth-order valence-corrected chi connectivity index (χ4v) is 4.66. The third-order valence-electron chi connectivity index (χ3n) is 6.01. The number of aliphatic hydroxyl groups excluding tert-OH is 1. The highest BCUT2D eigenvalue weighted by Gasteiger charge is 2.45. The minimum absolute atomic E-state index is 0.0723. The molecule has 6 nitrogen and oxygen atoms in total. The second-order valence-corrected chi connectivity index (χ2v) is 7.81. The molecule has 0 unspecified atom stereocenters. The molecule has 1 aromatic heterocycles. The predicted molar refractivity (Wildman–Crippen MR) is 100 cm³/mol. The smallest absolute Gasteiger partial charge is 0.255 e. The highest BCUT2D eigenvalue weighted by atomic mass is 16.3. The Balaban J connectivity index is 1.67. The SMILES string of the molecule is CN1CC[C@H](O)[C@@]2(CCCN(C(=O)c3c[nH]c(=O)c4ccccc34)C2)C1. The molecule has 26 heavy (non-hydrogen) atoms. The van der Waals surface area contributed by atoms with Gasteiger partial charge in [0.2, 0.25) is 0 Å². The average Bonchev–Trinajstić information content (AvgIpc) is 2.65. The fourth-order valence-electron chi connectivity index (χ4n) is 4.66. The highest BCUT2D eigenvalue weighted by molar-refractivity contribution is 6.06. The summed E-state index contributed by atoms with van der Waals surface area (Å²) in [5.41, 5.74) is 0.0892. The minimum Gasteiger partial charge on any atom is -0.392 e. The number of amides is 1. The van der Waals surface area contributed by atoms with Crippen molar-refractivity contribution in [3.05, 3.63) is 46.4 Å². The molecule has 2 aromatic rings. The van der Waals surface area contributed by atoms with Crippen LogP contribution in [0.3, 0.4) is 0 Å². The van der Waals surface area contributed by atoms with E-state index in [1.54, 1.807) is 12.1 Å². The third kappa shape index (κ3) is 2.83. The normalized spacial score (nSPS) is 27.2. The second kappa shape index (κ2) is 6.52. The molecule has 2 aliphatic heterocycles. The molecular weight excluding hydrogens is 330 g/mol. The van der Waals surface area contributed by atoms with Crippen molar-refractivity contribution < 1.29 is 9.90 Å². The van der Waals surface area contributed by atoms with Crippen LogP contribution in [0, 0.1) is 5.41 Å². The Morgan fingerprint density at radius 3 is 2.81 bits per heavy atom. The summed E-state index contributed by atoms with van der Waals surface area (Å²) in [4.78, 5) is 32.1. The number of nitrogens with one attached hydrogen (secondary N) is 1. The molecular formula is C20H25N3O3. The number of nitrogens with zero attached hydrogens (tertiary/aromatic N) is 2. The van der Waals surface area contributed by atoms with Gasteiger partial charge in [0.15, 0.2) is 0 Å². The van der Waals surface area contributed by atoms with Crippen LogP contribution in [-0.4, -0.2) is 65.1 Å². The molecule has 0 radical (unpaired) electrons. The van der Waals surface area contributed by atoms with E-state index in [0.29, 0.717) is 29.4 Å².